The number of carboxylic acid groups (broad SMARTS) is 1. The quantitative estimate of drug-likeness (QED) is 0.903. The summed E-state index contributed by atoms with van der Waals surface area (Å²) >= 11 is 0. The molecule has 1 saturated carbocycles. The minimum absolute atomic E-state index is 0.0640. The van der Waals surface area contributed by atoms with Crippen molar-refractivity contribution in [1.29, 1.82) is 0 Å². The van der Waals surface area contributed by atoms with Crippen molar-refractivity contribution < 1.29 is 14.7 Å². The minimum Gasteiger partial charge on any atom is -0.481 e. The number of hydrogen-bond donors (Lipinski definition) is 1. The number of carbonyl (C=O) groups excluding carboxylic acids is 1. The number of carboxylic acids is 1. The van der Waals surface area contributed by atoms with Gasteiger partial charge in [0.1, 0.15) is 0 Å². The van der Waals surface area contributed by atoms with E-state index in [4.69, 9.17) is 5.11 Å². The summed E-state index contributed by atoms with van der Waals surface area (Å²) in [5.74, 6) is -1.25. The van der Waals surface area contributed by atoms with Crippen molar-refractivity contribution in [2.45, 2.75) is 39.2 Å². The van der Waals surface area contributed by atoms with Crippen LogP contribution in [-0.4, -0.2) is 33.4 Å². The van der Waals surface area contributed by atoms with Gasteiger partial charge in [0, 0.05) is 18.7 Å². The molecule has 1 N–H and O–H groups in total. The third-order valence-electron chi connectivity index (χ3n) is 4.15. The van der Waals surface area contributed by atoms with Gasteiger partial charge in [-0.1, -0.05) is 12.5 Å². The van der Waals surface area contributed by atoms with E-state index in [2.05, 4.69) is 4.98 Å². The number of amides is 1. The maximum atomic E-state index is 12.6. The van der Waals surface area contributed by atoms with Crippen molar-refractivity contribution in [3.05, 3.63) is 30.1 Å². The molecule has 2 rings (SSSR count). The Kier molecular flexibility index (Phi) is 5.31. The fraction of sp³-hybridized carbons (Fsp3) is 0.562. The van der Waals surface area contributed by atoms with Crippen molar-refractivity contribution in [3.63, 3.8) is 0 Å². The van der Waals surface area contributed by atoms with Crippen molar-refractivity contribution in [2.75, 3.05) is 6.54 Å². The Morgan fingerprint density at radius 1 is 1.33 bits per heavy atom. The average Bonchev–Trinajstić information content (AvgIpc) is 2.53. The van der Waals surface area contributed by atoms with E-state index in [1.807, 2.05) is 25.1 Å². The topological polar surface area (TPSA) is 70.5 Å². The molecule has 1 heterocycles. The molecular formula is C16H22N2O3. The first kappa shape index (κ1) is 15.5. The lowest BCUT2D eigenvalue weighted by atomic mass is 9.80. The maximum Gasteiger partial charge on any atom is 0.306 e. The second-order valence-corrected chi connectivity index (χ2v) is 5.57. The molecule has 1 amide bonds. The van der Waals surface area contributed by atoms with Crippen LogP contribution in [0.4, 0.5) is 0 Å². The summed E-state index contributed by atoms with van der Waals surface area (Å²) < 4.78 is 0. The van der Waals surface area contributed by atoms with Crippen LogP contribution >= 0.6 is 0 Å². The van der Waals surface area contributed by atoms with Crippen molar-refractivity contribution in [2.24, 2.45) is 11.8 Å². The zero-order chi connectivity index (χ0) is 15.2. The van der Waals surface area contributed by atoms with Gasteiger partial charge >= 0.3 is 5.97 Å². The van der Waals surface area contributed by atoms with Crippen LogP contribution < -0.4 is 0 Å². The predicted molar refractivity (Wildman–Crippen MR) is 78.4 cm³/mol. The van der Waals surface area contributed by atoms with Gasteiger partial charge in [0.2, 0.25) is 5.91 Å². The molecule has 1 aromatic heterocycles. The van der Waals surface area contributed by atoms with Crippen molar-refractivity contribution in [3.8, 4) is 0 Å². The number of aromatic nitrogens is 1. The van der Waals surface area contributed by atoms with Crippen LogP contribution in [0.3, 0.4) is 0 Å². The molecule has 0 aromatic carbocycles. The smallest absolute Gasteiger partial charge is 0.306 e. The third kappa shape index (κ3) is 4.03. The van der Waals surface area contributed by atoms with Crippen molar-refractivity contribution in [1.82, 2.24) is 9.88 Å². The monoisotopic (exact) mass is 290 g/mol. The van der Waals surface area contributed by atoms with Crippen LogP contribution in [0.5, 0.6) is 0 Å². The Hall–Kier alpha value is -1.91. The summed E-state index contributed by atoms with van der Waals surface area (Å²) in [5, 5.41) is 9.13. The highest BCUT2D eigenvalue weighted by molar-refractivity contribution is 5.80. The fourth-order valence-electron chi connectivity index (χ4n) is 2.93. The molecule has 0 spiro atoms. The van der Waals surface area contributed by atoms with Gasteiger partial charge in [0.15, 0.2) is 0 Å². The second kappa shape index (κ2) is 7.20. The van der Waals surface area contributed by atoms with E-state index in [0.717, 1.165) is 18.5 Å². The van der Waals surface area contributed by atoms with Crippen LogP contribution in [0.2, 0.25) is 0 Å². The Labute approximate surface area is 125 Å². The number of carbonyl (C=O) groups is 2. The summed E-state index contributed by atoms with van der Waals surface area (Å²) in [5.41, 5.74) is 0.860. The molecule has 1 aliphatic carbocycles. The summed E-state index contributed by atoms with van der Waals surface area (Å²) in [6.07, 6.45) is 4.48. The highest BCUT2D eigenvalue weighted by Crippen LogP contribution is 2.30. The van der Waals surface area contributed by atoms with E-state index in [1.165, 1.54) is 0 Å². The van der Waals surface area contributed by atoms with Crippen molar-refractivity contribution >= 4 is 11.9 Å². The van der Waals surface area contributed by atoms with Crippen LogP contribution in [0, 0.1) is 11.8 Å². The summed E-state index contributed by atoms with van der Waals surface area (Å²) in [6, 6.07) is 5.65. The molecule has 5 nitrogen and oxygen atoms in total. The largest absolute Gasteiger partial charge is 0.481 e. The average molecular weight is 290 g/mol. The van der Waals surface area contributed by atoms with Crippen LogP contribution in [0.25, 0.3) is 0 Å². The van der Waals surface area contributed by atoms with Gasteiger partial charge in [-0.3, -0.25) is 14.6 Å². The molecule has 2 atom stereocenters. The standard InChI is InChI=1S/C16H22N2O3/c1-2-18(11-14-8-3-4-9-17-14)15(19)12-6-5-7-13(10-12)16(20)21/h3-4,8-9,12-13H,2,5-7,10-11H2,1H3,(H,20,21). The normalized spacial score (nSPS) is 21.8. The molecule has 2 unspecified atom stereocenters. The second-order valence-electron chi connectivity index (χ2n) is 5.57. The number of hydrogen-bond acceptors (Lipinski definition) is 3. The Morgan fingerprint density at radius 3 is 2.71 bits per heavy atom. The molecule has 1 fully saturated rings. The first-order valence-corrected chi connectivity index (χ1v) is 7.53. The van der Waals surface area contributed by atoms with Gasteiger partial charge < -0.3 is 10.0 Å². The lowest BCUT2D eigenvalue weighted by Gasteiger charge is -2.30. The molecule has 0 bridgehead atoms. The summed E-state index contributed by atoms with van der Waals surface area (Å²) in [4.78, 5) is 29.7. The van der Waals surface area contributed by atoms with Gasteiger partial charge in [0.25, 0.3) is 0 Å². The Bertz CT molecular complexity index is 490. The number of aliphatic carboxylic acids is 1. The Balaban J connectivity index is 2.00. The first-order chi connectivity index (χ1) is 10.1. The van der Waals surface area contributed by atoms with E-state index >= 15 is 0 Å². The van der Waals surface area contributed by atoms with E-state index in [-0.39, 0.29) is 17.7 Å². The molecule has 1 aliphatic rings. The number of pyridine rings is 1. The molecule has 1 aromatic rings. The van der Waals surface area contributed by atoms with E-state index < -0.39 is 5.97 Å². The van der Waals surface area contributed by atoms with Gasteiger partial charge in [0.05, 0.1) is 18.2 Å². The summed E-state index contributed by atoms with van der Waals surface area (Å²) in [6.45, 7) is 3.05. The minimum atomic E-state index is -0.778. The summed E-state index contributed by atoms with van der Waals surface area (Å²) in [7, 11) is 0. The van der Waals surface area contributed by atoms with Gasteiger partial charge in [-0.2, -0.15) is 0 Å². The highest BCUT2D eigenvalue weighted by Gasteiger charge is 2.32. The van der Waals surface area contributed by atoms with Crippen LogP contribution in [0.1, 0.15) is 38.3 Å². The lowest BCUT2D eigenvalue weighted by molar-refractivity contribution is -0.145. The predicted octanol–water partition coefficient (Wildman–Crippen LogP) is 2.32. The van der Waals surface area contributed by atoms with E-state index in [0.29, 0.717) is 25.9 Å². The molecule has 0 radical (unpaired) electrons. The lowest BCUT2D eigenvalue weighted by Crippen LogP contribution is -2.38. The maximum absolute atomic E-state index is 12.6. The van der Waals surface area contributed by atoms with Crippen LogP contribution in [0.15, 0.2) is 24.4 Å². The number of nitrogens with zero attached hydrogens (tertiary/aromatic N) is 2. The zero-order valence-corrected chi connectivity index (χ0v) is 12.4. The molecule has 0 aliphatic heterocycles. The third-order valence-corrected chi connectivity index (χ3v) is 4.15. The van der Waals surface area contributed by atoms with E-state index in [1.54, 1.807) is 11.1 Å². The molecule has 0 saturated heterocycles. The molecule has 5 heteroatoms. The fourth-order valence-corrected chi connectivity index (χ4v) is 2.93. The first-order valence-electron chi connectivity index (χ1n) is 7.53. The van der Waals surface area contributed by atoms with Gasteiger partial charge in [-0.25, -0.2) is 0 Å². The van der Waals surface area contributed by atoms with E-state index in [9.17, 15) is 9.59 Å². The number of rotatable bonds is 5. The zero-order valence-electron chi connectivity index (χ0n) is 12.4. The molecule has 21 heavy (non-hydrogen) atoms. The van der Waals surface area contributed by atoms with Gasteiger partial charge in [-0.15, -0.1) is 0 Å². The molecule has 114 valence electrons. The van der Waals surface area contributed by atoms with Gasteiger partial charge in [-0.05, 0) is 38.3 Å². The molecular weight excluding hydrogens is 268 g/mol. The Morgan fingerprint density at radius 2 is 2.10 bits per heavy atom. The SMILES string of the molecule is CCN(Cc1ccccn1)C(=O)C1CCCC(C(=O)O)C1. The highest BCUT2D eigenvalue weighted by atomic mass is 16.4. The van der Waals surface area contributed by atoms with Crippen LogP contribution in [-0.2, 0) is 16.1 Å².